The van der Waals surface area contributed by atoms with Gasteiger partial charge in [0.1, 0.15) is 18.2 Å². The van der Waals surface area contributed by atoms with E-state index in [2.05, 4.69) is 35.0 Å². The highest BCUT2D eigenvalue weighted by atomic mass is 16.5. The molecule has 2 aromatic carbocycles. The number of para-hydroxylation sites is 1. The molecule has 0 fully saturated rings. The number of hydrogen-bond donors (Lipinski definition) is 1. The number of rotatable bonds is 4. The lowest BCUT2D eigenvalue weighted by atomic mass is 9.96. The first-order valence-electron chi connectivity index (χ1n) is 9.02. The van der Waals surface area contributed by atoms with E-state index in [-0.39, 0.29) is 11.8 Å². The summed E-state index contributed by atoms with van der Waals surface area (Å²) in [6, 6.07) is 14.2. The molecule has 1 atom stereocenters. The van der Waals surface area contributed by atoms with Gasteiger partial charge in [0.05, 0.1) is 17.0 Å². The topological polar surface area (TPSA) is 56.1 Å². The molecule has 3 aromatic rings. The van der Waals surface area contributed by atoms with Crippen LogP contribution in [0.2, 0.25) is 0 Å². The van der Waals surface area contributed by atoms with Gasteiger partial charge in [-0.2, -0.15) is 0 Å². The third-order valence-corrected chi connectivity index (χ3v) is 5.03. The van der Waals surface area contributed by atoms with E-state index in [1.165, 1.54) is 5.56 Å². The molecular formula is C21H23N3O2. The summed E-state index contributed by atoms with van der Waals surface area (Å²) in [5.74, 6) is 1.80. The summed E-state index contributed by atoms with van der Waals surface area (Å²) in [5.41, 5.74) is 4.43. The highest BCUT2D eigenvalue weighted by Gasteiger charge is 2.25. The average molecular weight is 349 g/mol. The van der Waals surface area contributed by atoms with Gasteiger partial charge < -0.3 is 14.6 Å². The molecular weight excluding hydrogens is 326 g/mol. The summed E-state index contributed by atoms with van der Waals surface area (Å²) in [4.78, 5) is 17.2. The largest absolute Gasteiger partial charge is 0.492 e. The summed E-state index contributed by atoms with van der Waals surface area (Å²) >= 11 is 0. The highest BCUT2D eigenvalue weighted by Crippen LogP contribution is 2.26. The molecule has 1 aromatic heterocycles. The molecule has 1 aliphatic rings. The Balaban J connectivity index is 1.36. The number of hydrogen-bond acceptors (Lipinski definition) is 3. The van der Waals surface area contributed by atoms with Crippen LogP contribution in [-0.2, 0) is 24.7 Å². The fraction of sp³-hybridized carbons (Fsp3) is 0.333. The Kier molecular flexibility index (Phi) is 4.37. The van der Waals surface area contributed by atoms with Gasteiger partial charge in [-0.3, -0.25) is 4.79 Å². The molecule has 0 aliphatic carbocycles. The molecule has 1 amide bonds. The summed E-state index contributed by atoms with van der Waals surface area (Å²) in [6.07, 6.45) is 1.44. The zero-order valence-electron chi connectivity index (χ0n) is 15.2. The molecule has 5 heteroatoms. The number of ether oxygens (including phenoxy) is 1. The van der Waals surface area contributed by atoms with Crippen LogP contribution in [0.4, 0.5) is 0 Å². The predicted octanol–water partition coefficient (Wildman–Crippen LogP) is 2.79. The van der Waals surface area contributed by atoms with Crippen molar-refractivity contribution in [1.82, 2.24) is 14.9 Å². The molecule has 0 bridgehead atoms. The zero-order chi connectivity index (χ0) is 18.1. The van der Waals surface area contributed by atoms with Gasteiger partial charge in [0.2, 0.25) is 5.91 Å². The van der Waals surface area contributed by atoms with Crippen LogP contribution in [-0.4, -0.2) is 28.6 Å². The van der Waals surface area contributed by atoms with Crippen molar-refractivity contribution in [3.8, 4) is 5.75 Å². The van der Waals surface area contributed by atoms with Gasteiger partial charge in [-0.25, -0.2) is 4.98 Å². The Labute approximate surface area is 153 Å². The Hall–Kier alpha value is -2.82. The van der Waals surface area contributed by atoms with E-state index in [0.717, 1.165) is 34.6 Å². The number of aryl methyl sites for hydroxylation is 2. The van der Waals surface area contributed by atoms with Gasteiger partial charge in [-0.15, -0.1) is 0 Å². The number of benzene rings is 2. The first-order valence-corrected chi connectivity index (χ1v) is 9.02. The number of amides is 1. The predicted molar refractivity (Wildman–Crippen MR) is 101 cm³/mol. The van der Waals surface area contributed by atoms with Crippen molar-refractivity contribution < 1.29 is 9.53 Å². The fourth-order valence-electron chi connectivity index (χ4n) is 3.52. The fourth-order valence-corrected chi connectivity index (χ4v) is 3.52. The highest BCUT2D eigenvalue weighted by molar-refractivity contribution is 5.79. The van der Waals surface area contributed by atoms with E-state index in [1.807, 2.05) is 31.3 Å². The maximum atomic E-state index is 12.5. The van der Waals surface area contributed by atoms with Crippen molar-refractivity contribution in [3.63, 3.8) is 0 Å². The lowest BCUT2D eigenvalue weighted by Crippen LogP contribution is -2.38. The third kappa shape index (κ3) is 3.17. The number of carbonyl (C=O) groups is 1. The van der Waals surface area contributed by atoms with Crippen molar-refractivity contribution in [2.45, 2.75) is 19.8 Å². The molecule has 5 nitrogen and oxygen atoms in total. The van der Waals surface area contributed by atoms with E-state index in [0.29, 0.717) is 19.6 Å². The lowest BCUT2D eigenvalue weighted by molar-refractivity contribution is -0.126. The number of nitrogens with one attached hydrogen (secondary N) is 1. The summed E-state index contributed by atoms with van der Waals surface area (Å²) < 4.78 is 7.81. The zero-order valence-corrected chi connectivity index (χ0v) is 15.2. The summed E-state index contributed by atoms with van der Waals surface area (Å²) in [6.45, 7) is 3.08. The molecule has 0 spiro atoms. The molecule has 2 heterocycles. The van der Waals surface area contributed by atoms with Crippen LogP contribution < -0.4 is 10.1 Å². The quantitative estimate of drug-likeness (QED) is 0.788. The van der Waals surface area contributed by atoms with Gasteiger partial charge in [-0.1, -0.05) is 24.3 Å². The summed E-state index contributed by atoms with van der Waals surface area (Å²) in [5, 5.41) is 3.04. The van der Waals surface area contributed by atoms with Crippen molar-refractivity contribution in [2.75, 3.05) is 13.2 Å². The Morgan fingerprint density at radius 2 is 2.15 bits per heavy atom. The first-order chi connectivity index (χ1) is 12.6. The number of carbonyl (C=O) groups excluding carboxylic acids is 1. The molecule has 1 N–H and O–H groups in total. The van der Waals surface area contributed by atoms with Gasteiger partial charge in [0.15, 0.2) is 0 Å². The first kappa shape index (κ1) is 16.6. The third-order valence-electron chi connectivity index (χ3n) is 5.03. The molecule has 0 unspecified atom stereocenters. The van der Waals surface area contributed by atoms with Crippen LogP contribution in [0.3, 0.4) is 0 Å². The van der Waals surface area contributed by atoms with Crippen molar-refractivity contribution >= 4 is 16.9 Å². The Morgan fingerprint density at radius 1 is 1.31 bits per heavy atom. The Bertz CT molecular complexity index is 961. The van der Waals surface area contributed by atoms with Crippen molar-refractivity contribution in [2.24, 2.45) is 13.0 Å². The second-order valence-corrected chi connectivity index (χ2v) is 6.94. The SMILES string of the molecule is Cc1ccc2c(c1)nc(CCNC(=O)[C@@H]1COc3ccccc3C1)n2C. The van der Waals surface area contributed by atoms with Gasteiger partial charge in [-0.05, 0) is 42.7 Å². The monoisotopic (exact) mass is 349 g/mol. The molecule has 4 rings (SSSR count). The molecule has 0 saturated carbocycles. The van der Waals surface area contributed by atoms with Crippen LogP contribution in [0.15, 0.2) is 42.5 Å². The van der Waals surface area contributed by atoms with Gasteiger partial charge >= 0.3 is 0 Å². The van der Waals surface area contributed by atoms with E-state index < -0.39 is 0 Å². The lowest BCUT2D eigenvalue weighted by Gasteiger charge is -2.24. The average Bonchev–Trinajstić information content (AvgIpc) is 2.96. The van der Waals surface area contributed by atoms with Crippen LogP contribution >= 0.6 is 0 Å². The minimum atomic E-state index is -0.131. The molecule has 1 aliphatic heterocycles. The standard InChI is InChI=1S/C21H23N3O2/c1-14-7-8-18-17(11-14)23-20(24(18)2)9-10-22-21(25)16-12-15-5-3-4-6-19(15)26-13-16/h3-8,11,16H,9-10,12-13H2,1-2H3,(H,22,25)/t16-/m0/s1. The van der Waals surface area contributed by atoms with Crippen molar-refractivity contribution in [1.29, 1.82) is 0 Å². The van der Waals surface area contributed by atoms with Crippen LogP contribution in [0.5, 0.6) is 5.75 Å². The maximum absolute atomic E-state index is 12.5. The Morgan fingerprint density at radius 3 is 3.04 bits per heavy atom. The van der Waals surface area contributed by atoms with Gasteiger partial charge in [0, 0.05) is 20.0 Å². The molecule has 26 heavy (non-hydrogen) atoms. The summed E-state index contributed by atoms with van der Waals surface area (Å²) in [7, 11) is 2.02. The van der Waals surface area contributed by atoms with Crippen LogP contribution in [0.1, 0.15) is 17.0 Å². The van der Waals surface area contributed by atoms with Crippen LogP contribution in [0, 0.1) is 12.8 Å². The number of nitrogens with zero attached hydrogens (tertiary/aromatic N) is 2. The van der Waals surface area contributed by atoms with Crippen LogP contribution in [0.25, 0.3) is 11.0 Å². The maximum Gasteiger partial charge on any atom is 0.226 e. The smallest absolute Gasteiger partial charge is 0.226 e. The van der Waals surface area contributed by atoms with E-state index >= 15 is 0 Å². The second-order valence-electron chi connectivity index (χ2n) is 6.94. The van der Waals surface area contributed by atoms with E-state index in [4.69, 9.17) is 9.72 Å². The number of aromatic nitrogens is 2. The molecule has 134 valence electrons. The molecule has 0 saturated heterocycles. The van der Waals surface area contributed by atoms with Crippen molar-refractivity contribution in [3.05, 3.63) is 59.4 Å². The normalized spacial score (nSPS) is 16.2. The number of imidazole rings is 1. The number of fused-ring (bicyclic) bond motifs is 2. The van der Waals surface area contributed by atoms with E-state index in [9.17, 15) is 4.79 Å². The van der Waals surface area contributed by atoms with E-state index in [1.54, 1.807) is 0 Å². The van der Waals surface area contributed by atoms with Gasteiger partial charge in [0.25, 0.3) is 0 Å². The minimum Gasteiger partial charge on any atom is -0.492 e. The molecule has 0 radical (unpaired) electrons. The second kappa shape index (κ2) is 6.83. The minimum absolute atomic E-state index is 0.0501.